The Kier molecular flexibility index (Phi) is 9.67. The summed E-state index contributed by atoms with van der Waals surface area (Å²) >= 11 is 0. The lowest BCUT2D eigenvalue weighted by Crippen LogP contribution is -1.85. The molecule has 0 unspecified atom stereocenters. The normalized spacial score (nSPS) is 13.3. The second kappa shape index (κ2) is 10.0. The van der Waals surface area contributed by atoms with Crippen LogP contribution in [0.2, 0.25) is 0 Å². The van der Waals surface area contributed by atoms with Crippen LogP contribution in [0.3, 0.4) is 0 Å². The van der Waals surface area contributed by atoms with Gasteiger partial charge in [-0.05, 0) is 39.0 Å². The van der Waals surface area contributed by atoms with Gasteiger partial charge in [-0.25, -0.2) is 0 Å². The zero-order valence-corrected chi connectivity index (χ0v) is 11.1. The Morgan fingerprint density at radius 3 is 2.13 bits per heavy atom. The minimum absolute atomic E-state index is 1.18. The van der Waals surface area contributed by atoms with Gasteiger partial charge in [0.1, 0.15) is 0 Å². The van der Waals surface area contributed by atoms with E-state index in [0.29, 0.717) is 0 Å². The SMILES string of the molecule is CC=C(CC=C(CC)CCCC)CCC. The van der Waals surface area contributed by atoms with Crippen molar-refractivity contribution in [1.29, 1.82) is 0 Å². The van der Waals surface area contributed by atoms with Crippen molar-refractivity contribution in [2.45, 2.75) is 72.6 Å². The lowest BCUT2D eigenvalue weighted by atomic mass is 10.0. The lowest BCUT2D eigenvalue weighted by molar-refractivity contribution is 0.760. The molecule has 0 bridgehead atoms. The minimum Gasteiger partial charge on any atom is -0.0881 e. The van der Waals surface area contributed by atoms with Gasteiger partial charge in [-0.2, -0.15) is 0 Å². The summed E-state index contributed by atoms with van der Waals surface area (Å²) in [5, 5.41) is 0. The van der Waals surface area contributed by atoms with Gasteiger partial charge >= 0.3 is 0 Å². The summed E-state index contributed by atoms with van der Waals surface area (Å²) in [6, 6.07) is 0. The zero-order valence-electron chi connectivity index (χ0n) is 11.1. The fourth-order valence-corrected chi connectivity index (χ4v) is 1.79. The molecular formula is C15H28. The summed E-state index contributed by atoms with van der Waals surface area (Å²) in [6.45, 7) is 8.96. The van der Waals surface area contributed by atoms with E-state index in [2.05, 4.69) is 39.8 Å². The van der Waals surface area contributed by atoms with Crippen molar-refractivity contribution in [3.63, 3.8) is 0 Å². The van der Waals surface area contributed by atoms with Gasteiger partial charge in [-0.3, -0.25) is 0 Å². The smallest absolute Gasteiger partial charge is 0.0136 e. The topological polar surface area (TPSA) is 0 Å². The van der Waals surface area contributed by atoms with Crippen LogP contribution in [-0.4, -0.2) is 0 Å². The van der Waals surface area contributed by atoms with Crippen molar-refractivity contribution in [3.05, 3.63) is 23.3 Å². The van der Waals surface area contributed by atoms with Crippen LogP contribution in [0.4, 0.5) is 0 Å². The summed E-state index contributed by atoms with van der Waals surface area (Å²) in [5.74, 6) is 0. The van der Waals surface area contributed by atoms with E-state index in [4.69, 9.17) is 0 Å². The second-order valence-electron chi connectivity index (χ2n) is 4.22. The minimum atomic E-state index is 1.18. The second-order valence-corrected chi connectivity index (χ2v) is 4.22. The monoisotopic (exact) mass is 208 g/mol. The van der Waals surface area contributed by atoms with E-state index in [1.54, 1.807) is 11.1 Å². The van der Waals surface area contributed by atoms with Crippen LogP contribution in [0.5, 0.6) is 0 Å². The van der Waals surface area contributed by atoms with Crippen molar-refractivity contribution >= 4 is 0 Å². The summed E-state index contributed by atoms with van der Waals surface area (Å²) in [7, 11) is 0. The molecule has 0 aromatic rings. The first-order chi connectivity index (χ1) is 7.28. The van der Waals surface area contributed by atoms with Crippen molar-refractivity contribution in [1.82, 2.24) is 0 Å². The maximum absolute atomic E-state index is 2.46. The van der Waals surface area contributed by atoms with Crippen LogP contribution >= 0.6 is 0 Å². The molecule has 0 saturated heterocycles. The maximum atomic E-state index is 2.46. The van der Waals surface area contributed by atoms with Gasteiger partial charge in [0.2, 0.25) is 0 Å². The van der Waals surface area contributed by atoms with E-state index in [9.17, 15) is 0 Å². The van der Waals surface area contributed by atoms with Gasteiger partial charge in [0.15, 0.2) is 0 Å². The predicted molar refractivity (Wildman–Crippen MR) is 71.2 cm³/mol. The molecule has 0 aromatic carbocycles. The molecule has 15 heavy (non-hydrogen) atoms. The van der Waals surface area contributed by atoms with E-state index >= 15 is 0 Å². The molecule has 0 rings (SSSR count). The molecule has 0 aliphatic carbocycles. The summed E-state index contributed by atoms with van der Waals surface area (Å²) in [5.41, 5.74) is 3.24. The highest BCUT2D eigenvalue weighted by Gasteiger charge is 1.96. The first-order valence-electron chi connectivity index (χ1n) is 6.60. The standard InChI is InChI=1S/C15H28/c1-5-9-11-15(8-4)13-12-14(7-3)10-6-2/h7,13H,5-6,8-12H2,1-4H3. The Labute approximate surface area is 96.5 Å². The van der Waals surface area contributed by atoms with Gasteiger partial charge in [0.25, 0.3) is 0 Å². The number of rotatable bonds is 8. The van der Waals surface area contributed by atoms with Crippen LogP contribution in [-0.2, 0) is 0 Å². The Morgan fingerprint density at radius 1 is 0.933 bits per heavy atom. The molecule has 0 N–H and O–H groups in total. The molecule has 0 nitrogen and oxygen atoms in total. The van der Waals surface area contributed by atoms with E-state index < -0.39 is 0 Å². The molecule has 88 valence electrons. The summed E-state index contributed by atoms with van der Waals surface area (Å²) in [4.78, 5) is 0. The molecule has 0 saturated carbocycles. The van der Waals surface area contributed by atoms with E-state index in [1.165, 1.54) is 44.9 Å². The Morgan fingerprint density at radius 2 is 1.67 bits per heavy atom. The first-order valence-corrected chi connectivity index (χ1v) is 6.60. The molecule has 0 spiro atoms. The third-order valence-corrected chi connectivity index (χ3v) is 2.94. The zero-order chi connectivity index (χ0) is 11.5. The lowest BCUT2D eigenvalue weighted by Gasteiger charge is -2.06. The predicted octanol–water partition coefficient (Wildman–Crippen LogP) is 5.65. The van der Waals surface area contributed by atoms with Gasteiger partial charge in [0, 0.05) is 0 Å². The first kappa shape index (κ1) is 14.5. The molecule has 0 amide bonds. The molecule has 0 radical (unpaired) electrons. The molecule has 0 heteroatoms. The number of allylic oxidation sites excluding steroid dienone is 4. The third kappa shape index (κ3) is 7.41. The number of hydrogen-bond acceptors (Lipinski definition) is 0. The highest BCUT2D eigenvalue weighted by atomic mass is 14.0. The van der Waals surface area contributed by atoms with Crippen LogP contribution in [0.1, 0.15) is 72.6 Å². The average molecular weight is 208 g/mol. The van der Waals surface area contributed by atoms with Crippen LogP contribution in [0, 0.1) is 0 Å². The van der Waals surface area contributed by atoms with Crippen molar-refractivity contribution in [2.24, 2.45) is 0 Å². The number of unbranched alkanes of at least 4 members (excludes halogenated alkanes) is 1. The van der Waals surface area contributed by atoms with Gasteiger partial charge in [0.05, 0.1) is 0 Å². The van der Waals surface area contributed by atoms with Gasteiger partial charge in [-0.15, -0.1) is 0 Å². The highest BCUT2D eigenvalue weighted by molar-refractivity contribution is 5.11. The largest absolute Gasteiger partial charge is 0.0881 e. The highest BCUT2D eigenvalue weighted by Crippen LogP contribution is 2.16. The van der Waals surface area contributed by atoms with Crippen molar-refractivity contribution in [3.8, 4) is 0 Å². The Balaban J connectivity index is 4.07. The maximum Gasteiger partial charge on any atom is -0.0136 e. The summed E-state index contributed by atoms with van der Waals surface area (Å²) < 4.78 is 0. The molecular weight excluding hydrogens is 180 g/mol. The quantitative estimate of drug-likeness (QED) is 0.452. The Bertz CT molecular complexity index is 196. The molecule has 0 aromatic heterocycles. The Hall–Kier alpha value is -0.520. The van der Waals surface area contributed by atoms with Crippen LogP contribution in [0.15, 0.2) is 23.3 Å². The molecule has 0 atom stereocenters. The summed E-state index contributed by atoms with van der Waals surface area (Å²) in [6.07, 6.45) is 13.6. The average Bonchev–Trinajstić information content (AvgIpc) is 2.27. The van der Waals surface area contributed by atoms with Crippen LogP contribution < -0.4 is 0 Å². The molecule has 0 aliphatic rings. The van der Waals surface area contributed by atoms with E-state index in [-0.39, 0.29) is 0 Å². The fraction of sp³-hybridized carbons (Fsp3) is 0.733. The molecule has 0 heterocycles. The fourth-order valence-electron chi connectivity index (χ4n) is 1.79. The van der Waals surface area contributed by atoms with Crippen LogP contribution in [0.25, 0.3) is 0 Å². The van der Waals surface area contributed by atoms with Gasteiger partial charge in [-0.1, -0.05) is 56.9 Å². The van der Waals surface area contributed by atoms with E-state index in [1.807, 2.05) is 0 Å². The number of hydrogen-bond donors (Lipinski definition) is 0. The third-order valence-electron chi connectivity index (χ3n) is 2.94. The molecule has 0 aliphatic heterocycles. The van der Waals surface area contributed by atoms with Gasteiger partial charge < -0.3 is 0 Å². The molecule has 0 fully saturated rings. The van der Waals surface area contributed by atoms with Crippen molar-refractivity contribution < 1.29 is 0 Å². The van der Waals surface area contributed by atoms with E-state index in [0.717, 1.165) is 0 Å². The van der Waals surface area contributed by atoms with Crippen molar-refractivity contribution in [2.75, 3.05) is 0 Å².